The second-order valence-electron chi connectivity index (χ2n) is 5.68. The number of hydrogen-bond donors (Lipinski definition) is 1. The van der Waals surface area contributed by atoms with Crippen molar-refractivity contribution >= 4 is 23.2 Å². The van der Waals surface area contributed by atoms with Crippen molar-refractivity contribution in [2.45, 2.75) is 25.9 Å². The van der Waals surface area contributed by atoms with E-state index in [1.54, 1.807) is 19.9 Å². The van der Waals surface area contributed by atoms with Crippen LogP contribution in [0.1, 0.15) is 29.3 Å². The van der Waals surface area contributed by atoms with Crippen LogP contribution in [0.25, 0.3) is 0 Å². The predicted molar refractivity (Wildman–Crippen MR) is 79.9 cm³/mol. The number of hydrogen-bond acceptors (Lipinski definition) is 5. The minimum absolute atomic E-state index is 0.114. The Balaban J connectivity index is 2.26. The van der Waals surface area contributed by atoms with Gasteiger partial charge in [-0.25, -0.2) is 0 Å². The number of methoxy groups -OCH3 is 1. The summed E-state index contributed by atoms with van der Waals surface area (Å²) in [4.78, 5) is 24.6. The summed E-state index contributed by atoms with van der Waals surface area (Å²) in [6, 6.07) is 1.65. The zero-order chi connectivity index (χ0) is 16.2. The predicted octanol–water partition coefficient (Wildman–Crippen LogP) is 3.02. The number of aliphatic hydroxyl groups is 1. The molecular weight excluding hydrogens is 308 g/mol. The molecule has 0 fully saturated rings. The number of allylic oxidation sites excluding steroid dienone is 1. The molecule has 5 nitrogen and oxygen atoms in total. The number of fused-ring (bicyclic) bond motifs is 1. The Kier molecular flexibility index (Phi) is 3.22. The zero-order valence-corrected chi connectivity index (χ0v) is 13.2. The number of Topliss-reactive ketones (excluding diaryl/α,β-unsaturated/α-hetero) is 1. The summed E-state index contributed by atoms with van der Waals surface area (Å²) in [6.45, 7) is 3.46. The highest BCUT2D eigenvalue weighted by Gasteiger charge is 2.59. The number of ether oxygens (including phenoxy) is 2. The van der Waals surface area contributed by atoms with Gasteiger partial charge >= 0.3 is 0 Å². The minimum Gasteiger partial charge on any atom is -0.507 e. The van der Waals surface area contributed by atoms with Gasteiger partial charge in [-0.05, 0) is 18.6 Å². The molecule has 0 radical (unpaired) electrons. The van der Waals surface area contributed by atoms with Crippen molar-refractivity contribution in [1.29, 1.82) is 0 Å². The fourth-order valence-electron chi connectivity index (χ4n) is 3.11. The third kappa shape index (κ3) is 1.72. The number of aryl methyl sites for hydroxylation is 1. The van der Waals surface area contributed by atoms with Crippen molar-refractivity contribution in [3.05, 3.63) is 34.1 Å². The molecule has 3 rings (SSSR count). The third-order valence-electron chi connectivity index (χ3n) is 4.29. The zero-order valence-electron chi connectivity index (χ0n) is 12.4. The average molecular weight is 323 g/mol. The molecule has 0 bridgehead atoms. The van der Waals surface area contributed by atoms with Gasteiger partial charge in [0.15, 0.2) is 11.5 Å². The topological polar surface area (TPSA) is 72.8 Å². The van der Waals surface area contributed by atoms with E-state index in [4.69, 9.17) is 21.1 Å². The fourth-order valence-corrected chi connectivity index (χ4v) is 3.29. The lowest BCUT2D eigenvalue weighted by Crippen LogP contribution is -2.51. The van der Waals surface area contributed by atoms with Gasteiger partial charge in [-0.3, -0.25) is 9.59 Å². The van der Waals surface area contributed by atoms with Gasteiger partial charge in [0.05, 0.1) is 12.1 Å². The van der Waals surface area contributed by atoms with Crippen molar-refractivity contribution in [1.82, 2.24) is 0 Å². The van der Waals surface area contributed by atoms with Crippen LogP contribution in [0.5, 0.6) is 11.5 Å². The van der Waals surface area contributed by atoms with Crippen LogP contribution in [0, 0.1) is 12.8 Å². The molecule has 2 atom stereocenters. The first-order chi connectivity index (χ1) is 10.3. The first-order valence-electron chi connectivity index (χ1n) is 6.87. The molecule has 2 aliphatic rings. The van der Waals surface area contributed by atoms with Crippen LogP contribution >= 0.6 is 11.6 Å². The highest BCUT2D eigenvalue weighted by atomic mass is 35.5. The lowest BCUT2D eigenvalue weighted by atomic mass is 9.75. The maximum atomic E-state index is 13.0. The Morgan fingerprint density at radius 1 is 1.45 bits per heavy atom. The molecule has 1 spiro atoms. The maximum absolute atomic E-state index is 13.0. The molecule has 1 aliphatic carbocycles. The molecule has 1 heterocycles. The summed E-state index contributed by atoms with van der Waals surface area (Å²) in [7, 11) is 1.45. The standard InChI is InChI=1S/C16H15ClO5/c1-7-4-10(21-3)12-14(13(7)17)22-16(15(12)20)8(2)5-9(18)6-11(16)19/h4,6,8,19H,5H2,1-3H3/t8-,16+/m1/s1. The van der Waals surface area contributed by atoms with Gasteiger partial charge in [0.1, 0.15) is 17.1 Å². The summed E-state index contributed by atoms with van der Waals surface area (Å²) in [5, 5.41) is 10.6. The van der Waals surface area contributed by atoms with Crippen molar-refractivity contribution in [3.8, 4) is 11.5 Å². The molecule has 1 aromatic rings. The van der Waals surface area contributed by atoms with Crippen LogP contribution in [-0.4, -0.2) is 29.4 Å². The second kappa shape index (κ2) is 4.74. The van der Waals surface area contributed by atoms with E-state index in [0.29, 0.717) is 16.3 Å². The summed E-state index contributed by atoms with van der Waals surface area (Å²) in [6.07, 6.45) is 1.17. The van der Waals surface area contributed by atoms with Crippen LogP contribution in [0.3, 0.4) is 0 Å². The van der Waals surface area contributed by atoms with Crippen LogP contribution in [0.4, 0.5) is 0 Å². The van der Waals surface area contributed by atoms with Crippen molar-refractivity contribution in [3.63, 3.8) is 0 Å². The lowest BCUT2D eigenvalue weighted by Gasteiger charge is -2.34. The summed E-state index contributed by atoms with van der Waals surface area (Å²) >= 11 is 6.26. The van der Waals surface area contributed by atoms with E-state index < -0.39 is 17.3 Å². The SMILES string of the molecule is COc1cc(C)c(Cl)c2c1C(=O)[C@@]1(O2)C(O)=CC(=O)C[C@H]1C. The molecule has 1 N–H and O–H groups in total. The summed E-state index contributed by atoms with van der Waals surface area (Å²) in [5.74, 6) is -1.02. The first-order valence-corrected chi connectivity index (χ1v) is 7.25. The Labute approximate surface area is 132 Å². The summed E-state index contributed by atoms with van der Waals surface area (Å²) < 4.78 is 11.1. The Bertz CT molecular complexity index is 737. The van der Waals surface area contributed by atoms with Gasteiger partial charge < -0.3 is 14.6 Å². The molecule has 0 unspecified atom stereocenters. The highest BCUT2D eigenvalue weighted by molar-refractivity contribution is 6.34. The molecule has 22 heavy (non-hydrogen) atoms. The molecule has 116 valence electrons. The van der Waals surface area contributed by atoms with E-state index in [1.807, 2.05) is 0 Å². The monoisotopic (exact) mass is 322 g/mol. The molecule has 6 heteroatoms. The largest absolute Gasteiger partial charge is 0.507 e. The van der Waals surface area contributed by atoms with Crippen LogP contribution in [-0.2, 0) is 4.79 Å². The van der Waals surface area contributed by atoms with Gasteiger partial charge in [0.2, 0.25) is 11.4 Å². The van der Waals surface area contributed by atoms with Gasteiger partial charge in [-0.15, -0.1) is 0 Å². The molecular formula is C16H15ClO5. The van der Waals surface area contributed by atoms with E-state index in [9.17, 15) is 14.7 Å². The quantitative estimate of drug-likeness (QED) is 0.860. The Morgan fingerprint density at radius 2 is 2.14 bits per heavy atom. The fraction of sp³-hybridized carbons (Fsp3) is 0.375. The molecule has 1 aromatic carbocycles. The highest BCUT2D eigenvalue weighted by Crippen LogP contribution is 2.52. The molecule has 0 saturated heterocycles. The van der Waals surface area contributed by atoms with E-state index in [-0.39, 0.29) is 29.3 Å². The third-order valence-corrected chi connectivity index (χ3v) is 4.76. The van der Waals surface area contributed by atoms with Crippen LogP contribution in [0.15, 0.2) is 17.9 Å². The van der Waals surface area contributed by atoms with E-state index in [2.05, 4.69) is 0 Å². The minimum atomic E-state index is -1.60. The Hall–Kier alpha value is -2.01. The smallest absolute Gasteiger partial charge is 0.230 e. The van der Waals surface area contributed by atoms with E-state index >= 15 is 0 Å². The molecule has 1 aliphatic heterocycles. The summed E-state index contributed by atoms with van der Waals surface area (Å²) in [5.41, 5.74) is -0.689. The molecule has 0 amide bonds. The second-order valence-corrected chi connectivity index (χ2v) is 6.06. The number of carbonyl (C=O) groups is 2. The number of halogens is 1. The van der Waals surface area contributed by atoms with Crippen LogP contribution in [0.2, 0.25) is 5.02 Å². The normalized spacial score (nSPS) is 26.7. The van der Waals surface area contributed by atoms with Gasteiger partial charge in [-0.2, -0.15) is 0 Å². The van der Waals surface area contributed by atoms with Crippen molar-refractivity contribution in [2.75, 3.05) is 7.11 Å². The van der Waals surface area contributed by atoms with Crippen molar-refractivity contribution < 1.29 is 24.2 Å². The lowest BCUT2D eigenvalue weighted by molar-refractivity contribution is -0.118. The number of aliphatic hydroxyl groups excluding tert-OH is 1. The number of carbonyl (C=O) groups excluding carboxylic acids is 2. The number of rotatable bonds is 1. The average Bonchev–Trinajstić information content (AvgIpc) is 2.76. The van der Waals surface area contributed by atoms with E-state index in [1.165, 1.54) is 7.11 Å². The molecule has 0 saturated carbocycles. The van der Waals surface area contributed by atoms with E-state index in [0.717, 1.165) is 6.08 Å². The molecule has 0 aromatic heterocycles. The van der Waals surface area contributed by atoms with Crippen molar-refractivity contribution in [2.24, 2.45) is 5.92 Å². The van der Waals surface area contributed by atoms with Gasteiger partial charge in [0.25, 0.3) is 0 Å². The Morgan fingerprint density at radius 3 is 2.73 bits per heavy atom. The van der Waals surface area contributed by atoms with Gasteiger partial charge in [0, 0.05) is 18.4 Å². The van der Waals surface area contributed by atoms with Gasteiger partial charge in [-0.1, -0.05) is 18.5 Å². The maximum Gasteiger partial charge on any atom is 0.230 e. The number of ketones is 2. The van der Waals surface area contributed by atoms with Crippen LogP contribution < -0.4 is 9.47 Å². The number of benzene rings is 1. The first kappa shape index (κ1) is 14.9.